The van der Waals surface area contributed by atoms with Crippen LogP contribution in [-0.4, -0.2) is 85.0 Å². The lowest BCUT2D eigenvalue weighted by atomic mass is 9.96. The van der Waals surface area contributed by atoms with Gasteiger partial charge in [0, 0.05) is 70.5 Å². The van der Waals surface area contributed by atoms with E-state index in [1.807, 2.05) is 17.0 Å². The zero-order valence-corrected chi connectivity index (χ0v) is 17.0. The number of likely N-dealkylation sites (tertiary alicyclic amines) is 2. The summed E-state index contributed by atoms with van der Waals surface area (Å²) in [5.41, 5.74) is 1.13. The van der Waals surface area contributed by atoms with Crippen molar-refractivity contribution in [2.24, 2.45) is 0 Å². The highest BCUT2D eigenvalue weighted by Gasteiger charge is 2.32. The molecular weight excluding hydrogens is 355 g/mol. The molecular formula is C22H33FN4O. The summed E-state index contributed by atoms with van der Waals surface area (Å²) >= 11 is 0. The minimum atomic E-state index is -0.168. The van der Waals surface area contributed by atoms with Gasteiger partial charge in [-0.05, 0) is 56.5 Å². The van der Waals surface area contributed by atoms with Crippen LogP contribution in [0.25, 0.3) is 0 Å². The van der Waals surface area contributed by atoms with Crippen molar-refractivity contribution in [3.63, 3.8) is 0 Å². The molecule has 4 rings (SSSR count). The van der Waals surface area contributed by atoms with Crippen molar-refractivity contribution in [3.8, 4) is 0 Å². The second-order valence-electron chi connectivity index (χ2n) is 8.53. The summed E-state index contributed by atoms with van der Waals surface area (Å²) in [4.78, 5) is 21.3. The van der Waals surface area contributed by atoms with Crippen molar-refractivity contribution in [1.82, 2.24) is 14.7 Å². The Hall–Kier alpha value is -1.66. The molecule has 6 heteroatoms. The van der Waals surface area contributed by atoms with E-state index in [1.165, 1.54) is 25.9 Å². The van der Waals surface area contributed by atoms with Gasteiger partial charge in [-0.15, -0.1) is 0 Å². The predicted octanol–water partition coefficient (Wildman–Crippen LogP) is 2.42. The molecule has 3 saturated heterocycles. The van der Waals surface area contributed by atoms with E-state index in [4.69, 9.17) is 0 Å². The molecule has 0 aliphatic carbocycles. The number of halogens is 1. The van der Waals surface area contributed by atoms with Gasteiger partial charge in [0.2, 0.25) is 5.91 Å². The summed E-state index contributed by atoms with van der Waals surface area (Å²) in [6, 6.07) is 8.17. The van der Waals surface area contributed by atoms with E-state index in [1.54, 1.807) is 19.1 Å². The predicted molar refractivity (Wildman–Crippen MR) is 110 cm³/mol. The molecule has 0 saturated carbocycles. The van der Waals surface area contributed by atoms with Crippen molar-refractivity contribution >= 4 is 11.6 Å². The molecule has 28 heavy (non-hydrogen) atoms. The molecule has 0 radical (unpaired) electrons. The number of anilines is 1. The molecule has 0 aromatic heterocycles. The number of amides is 1. The molecule has 0 bridgehead atoms. The molecule has 1 aromatic carbocycles. The summed E-state index contributed by atoms with van der Waals surface area (Å²) in [5, 5.41) is 0. The lowest BCUT2D eigenvalue weighted by molar-refractivity contribution is -0.130. The smallest absolute Gasteiger partial charge is 0.219 e. The van der Waals surface area contributed by atoms with Crippen molar-refractivity contribution in [3.05, 3.63) is 30.1 Å². The highest BCUT2D eigenvalue weighted by Crippen LogP contribution is 2.25. The monoisotopic (exact) mass is 388 g/mol. The van der Waals surface area contributed by atoms with E-state index in [-0.39, 0.29) is 11.7 Å². The van der Waals surface area contributed by atoms with Gasteiger partial charge in [-0.2, -0.15) is 0 Å². The van der Waals surface area contributed by atoms with Crippen molar-refractivity contribution in [2.75, 3.05) is 57.3 Å². The summed E-state index contributed by atoms with van der Waals surface area (Å²) in [5.74, 6) is 0.0489. The number of hydrogen-bond acceptors (Lipinski definition) is 4. The van der Waals surface area contributed by atoms with Gasteiger partial charge in [-0.1, -0.05) is 0 Å². The zero-order valence-electron chi connectivity index (χ0n) is 17.0. The van der Waals surface area contributed by atoms with Gasteiger partial charge in [0.05, 0.1) is 0 Å². The first kappa shape index (κ1) is 19.6. The molecule has 3 fully saturated rings. The third-order valence-electron chi connectivity index (χ3n) is 6.88. The maximum Gasteiger partial charge on any atom is 0.219 e. The summed E-state index contributed by atoms with van der Waals surface area (Å²) in [7, 11) is 0. The number of benzene rings is 1. The minimum Gasteiger partial charge on any atom is -0.369 e. The Morgan fingerprint density at radius 2 is 1.54 bits per heavy atom. The second-order valence-corrected chi connectivity index (χ2v) is 8.53. The Morgan fingerprint density at radius 1 is 0.857 bits per heavy atom. The van der Waals surface area contributed by atoms with Gasteiger partial charge < -0.3 is 9.80 Å². The summed E-state index contributed by atoms with van der Waals surface area (Å²) in [6.07, 6.45) is 4.80. The van der Waals surface area contributed by atoms with Crippen molar-refractivity contribution in [2.45, 2.75) is 44.7 Å². The van der Waals surface area contributed by atoms with Crippen LogP contribution in [0.4, 0.5) is 10.1 Å². The van der Waals surface area contributed by atoms with E-state index < -0.39 is 0 Å². The summed E-state index contributed by atoms with van der Waals surface area (Å²) < 4.78 is 13.2. The van der Waals surface area contributed by atoms with Crippen LogP contribution in [0.5, 0.6) is 0 Å². The third kappa shape index (κ3) is 4.49. The number of piperidine rings is 2. The van der Waals surface area contributed by atoms with Crippen LogP contribution in [-0.2, 0) is 4.79 Å². The lowest BCUT2D eigenvalue weighted by Crippen LogP contribution is -2.57. The van der Waals surface area contributed by atoms with Crippen LogP contribution >= 0.6 is 0 Å². The second kappa shape index (κ2) is 8.78. The molecule has 3 aliphatic rings. The van der Waals surface area contributed by atoms with E-state index in [0.717, 1.165) is 57.8 Å². The Kier molecular flexibility index (Phi) is 6.16. The quantitative estimate of drug-likeness (QED) is 0.796. The van der Waals surface area contributed by atoms with E-state index in [0.29, 0.717) is 12.1 Å². The average Bonchev–Trinajstić information content (AvgIpc) is 2.75. The highest BCUT2D eigenvalue weighted by molar-refractivity contribution is 5.73. The van der Waals surface area contributed by atoms with Crippen LogP contribution < -0.4 is 4.90 Å². The van der Waals surface area contributed by atoms with E-state index in [9.17, 15) is 9.18 Å². The largest absolute Gasteiger partial charge is 0.369 e. The van der Waals surface area contributed by atoms with Gasteiger partial charge >= 0.3 is 0 Å². The molecule has 0 N–H and O–H groups in total. The molecule has 0 unspecified atom stereocenters. The SMILES string of the molecule is CC(=O)N1CCC(N2CCC[C@H](N3CCN(c4ccc(F)cc4)CC3)C2)CC1. The van der Waals surface area contributed by atoms with Crippen molar-refractivity contribution in [1.29, 1.82) is 0 Å². The number of nitrogens with zero attached hydrogens (tertiary/aromatic N) is 4. The molecule has 0 spiro atoms. The Labute approximate surface area is 168 Å². The summed E-state index contributed by atoms with van der Waals surface area (Å²) in [6.45, 7) is 10.1. The van der Waals surface area contributed by atoms with Gasteiger partial charge in [-0.25, -0.2) is 4.39 Å². The number of rotatable bonds is 3. The van der Waals surface area contributed by atoms with E-state index >= 15 is 0 Å². The normalized spacial score (nSPS) is 25.9. The molecule has 154 valence electrons. The Balaban J connectivity index is 1.27. The molecule has 1 aromatic rings. The standard InChI is InChI=1S/C22H33FN4O/c1-18(28)24-11-8-21(9-12-24)27-10-2-3-22(17-27)26-15-13-25(14-16-26)20-6-4-19(23)5-7-20/h4-7,21-22H,2-3,8-17H2,1H3/t22-/m0/s1. The zero-order chi connectivity index (χ0) is 19.5. The minimum absolute atomic E-state index is 0.168. The Morgan fingerprint density at radius 3 is 2.18 bits per heavy atom. The Bertz CT molecular complexity index is 651. The molecule has 1 amide bonds. The lowest BCUT2D eigenvalue weighted by Gasteiger charge is -2.47. The third-order valence-corrected chi connectivity index (χ3v) is 6.88. The maximum atomic E-state index is 13.2. The van der Waals surface area contributed by atoms with Crippen LogP contribution in [0.3, 0.4) is 0 Å². The number of piperazine rings is 1. The fourth-order valence-corrected chi connectivity index (χ4v) is 5.16. The first-order chi connectivity index (χ1) is 13.6. The van der Waals surface area contributed by atoms with Crippen molar-refractivity contribution < 1.29 is 9.18 Å². The maximum absolute atomic E-state index is 13.2. The molecule has 3 heterocycles. The fourth-order valence-electron chi connectivity index (χ4n) is 5.16. The van der Waals surface area contributed by atoms with Crippen LogP contribution in [0.2, 0.25) is 0 Å². The van der Waals surface area contributed by atoms with E-state index in [2.05, 4.69) is 14.7 Å². The van der Waals surface area contributed by atoms with Crippen LogP contribution in [0, 0.1) is 5.82 Å². The van der Waals surface area contributed by atoms with Crippen LogP contribution in [0.1, 0.15) is 32.6 Å². The van der Waals surface area contributed by atoms with Gasteiger partial charge in [-0.3, -0.25) is 14.6 Å². The number of carbonyl (C=O) groups is 1. The molecule has 3 aliphatic heterocycles. The van der Waals surface area contributed by atoms with Crippen LogP contribution in [0.15, 0.2) is 24.3 Å². The number of hydrogen-bond donors (Lipinski definition) is 0. The molecule has 1 atom stereocenters. The van der Waals surface area contributed by atoms with Gasteiger partial charge in [0.1, 0.15) is 5.82 Å². The number of carbonyl (C=O) groups excluding carboxylic acids is 1. The first-order valence-electron chi connectivity index (χ1n) is 10.8. The topological polar surface area (TPSA) is 30.0 Å². The van der Waals surface area contributed by atoms with Gasteiger partial charge in [0.15, 0.2) is 0 Å². The van der Waals surface area contributed by atoms with Gasteiger partial charge in [0.25, 0.3) is 0 Å². The highest BCUT2D eigenvalue weighted by atomic mass is 19.1. The average molecular weight is 389 g/mol. The molecule has 5 nitrogen and oxygen atoms in total. The fraction of sp³-hybridized carbons (Fsp3) is 0.682. The first-order valence-corrected chi connectivity index (χ1v) is 10.8.